The molecule has 1 aromatic rings. The van der Waals surface area contributed by atoms with Gasteiger partial charge in [-0.1, -0.05) is 31.2 Å². The fourth-order valence-corrected chi connectivity index (χ4v) is 4.91. The van der Waals surface area contributed by atoms with Crippen LogP contribution in [0.3, 0.4) is 0 Å². The lowest BCUT2D eigenvalue weighted by atomic mass is 9.68. The number of hydrogen-bond acceptors (Lipinski definition) is 0. The first kappa shape index (κ1) is 17.6. The summed E-state index contributed by atoms with van der Waals surface area (Å²) in [5.41, 5.74) is 2.93. The quantitative estimate of drug-likeness (QED) is 0.551. The van der Waals surface area contributed by atoms with Crippen molar-refractivity contribution in [2.75, 3.05) is 0 Å². The largest absolute Gasteiger partial charge is 0.266 e. The Morgan fingerprint density at radius 2 is 1.42 bits per heavy atom. The molecule has 2 saturated carbocycles. The number of benzene rings is 1. The van der Waals surface area contributed by atoms with Gasteiger partial charge in [-0.3, -0.25) is 0 Å². The second-order valence-corrected chi connectivity index (χ2v) is 7.84. The molecule has 2 aliphatic carbocycles. The molecule has 2 heteroatoms. The monoisotopic (exact) mass is 332 g/mol. The zero-order valence-corrected chi connectivity index (χ0v) is 14.8. The number of rotatable bonds is 4. The van der Waals surface area contributed by atoms with Gasteiger partial charge in [0.15, 0.2) is 0 Å². The lowest BCUT2D eigenvalue weighted by Gasteiger charge is -2.37. The Bertz CT molecular complexity index is 526. The maximum atomic E-state index is 12.4. The highest BCUT2D eigenvalue weighted by molar-refractivity contribution is 5.25. The van der Waals surface area contributed by atoms with E-state index >= 15 is 0 Å². The van der Waals surface area contributed by atoms with E-state index in [0.29, 0.717) is 0 Å². The van der Waals surface area contributed by atoms with Gasteiger partial charge in [0.25, 0.3) is 6.08 Å². The molecule has 0 N–H and O–H groups in total. The van der Waals surface area contributed by atoms with Crippen molar-refractivity contribution in [3.63, 3.8) is 0 Å². The van der Waals surface area contributed by atoms with E-state index in [0.717, 1.165) is 49.9 Å². The highest BCUT2D eigenvalue weighted by atomic mass is 19.3. The van der Waals surface area contributed by atoms with Gasteiger partial charge < -0.3 is 0 Å². The lowest BCUT2D eigenvalue weighted by Crippen LogP contribution is -2.25. The molecule has 0 atom stereocenters. The number of halogens is 2. The maximum Gasteiger partial charge on any atom is 0.266 e. The molecule has 0 nitrogen and oxygen atoms in total. The average molecular weight is 332 g/mol. The van der Waals surface area contributed by atoms with Crippen LogP contribution < -0.4 is 0 Å². The van der Waals surface area contributed by atoms with Crippen molar-refractivity contribution in [2.45, 2.75) is 70.6 Å². The van der Waals surface area contributed by atoms with Gasteiger partial charge in [0, 0.05) is 0 Å². The van der Waals surface area contributed by atoms with Crippen molar-refractivity contribution in [1.82, 2.24) is 0 Å². The van der Waals surface area contributed by atoms with Crippen LogP contribution in [0.25, 0.3) is 0 Å². The van der Waals surface area contributed by atoms with Gasteiger partial charge in [0.05, 0.1) is 0 Å². The van der Waals surface area contributed by atoms with Crippen LogP contribution in [-0.2, 0) is 6.42 Å². The maximum absolute atomic E-state index is 12.4. The summed E-state index contributed by atoms with van der Waals surface area (Å²) in [5.74, 6) is 2.46. The first-order valence-electron chi connectivity index (χ1n) is 9.77. The van der Waals surface area contributed by atoms with E-state index in [1.165, 1.54) is 42.9 Å². The van der Waals surface area contributed by atoms with E-state index in [1.807, 2.05) is 0 Å². The summed E-state index contributed by atoms with van der Waals surface area (Å²) in [7, 11) is 0. The smallest absolute Gasteiger partial charge is 0.174 e. The minimum absolute atomic E-state index is 0.125. The van der Waals surface area contributed by atoms with Gasteiger partial charge >= 0.3 is 0 Å². The molecule has 3 rings (SSSR count). The molecule has 0 spiro atoms. The van der Waals surface area contributed by atoms with Crippen LogP contribution in [0.4, 0.5) is 8.78 Å². The minimum atomic E-state index is -1.49. The topological polar surface area (TPSA) is 0 Å². The van der Waals surface area contributed by atoms with Crippen LogP contribution in [0.2, 0.25) is 0 Å². The van der Waals surface area contributed by atoms with Gasteiger partial charge in [-0.15, -0.1) is 0 Å². The lowest BCUT2D eigenvalue weighted by molar-refractivity contribution is 0.170. The van der Waals surface area contributed by atoms with Crippen LogP contribution >= 0.6 is 0 Å². The van der Waals surface area contributed by atoms with Crippen molar-refractivity contribution in [3.8, 4) is 0 Å². The minimum Gasteiger partial charge on any atom is -0.174 e. The molecular weight excluding hydrogens is 302 g/mol. The van der Waals surface area contributed by atoms with Crippen LogP contribution in [0.5, 0.6) is 0 Å². The summed E-state index contributed by atoms with van der Waals surface area (Å²) < 4.78 is 24.8. The first-order valence-corrected chi connectivity index (χ1v) is 9.77. The molecule has 0 amide bonds. The summed E-state index contributed by atoms with van der Waals surface area (Å²) in [6.45, 7) is 2.20. The second kappa shape index (κ2) is 8.27. The molecule has 0 unspecified atom stereocenters. The molecule has 1 aromatic carbocycles. The Morgan fingerprint density at radius 3 is 1.92 bits per heavy atom. The van der Waals surface area contributed by atoms with Crippen LogP contribution in [-0.4, -0.2) is 0 Å². The molecule has 0 saturated heterocycles. The van der Waals surface area contributed by atoms with E-state index in [1.54, 1.807) is 0 Å². The third kappa shape index (κ3) is 4.46. The van der Waals surface area contributed by atoms with Crippen LogP contribution in [0.1, 0.15) is 75.3 Å². The summed E-state index contributed by atoms with van der Waals surface area (Å²) in [6, 6.07) is 9.21. The molecule has 0 heterocycles. The number of aryl methyl sites for hydroxylation is 1. The van der Waals surface area contributed by atoms with E-state index < -0.39 is 6.08 Å². The molecule has 24 heavy (non-hydrogen) atoms. The fourth-order valence-electron chi connectivity index (χ4n) is 4.91. The fraction of sp³-hybridized carbons (Fsp3) is 0.636. The number of allylic oxidation sites excluding steroid dienone is 1. The summed E-state index contributed by atoms with van der Waals surface area (Å²) in [5, 5.41) is 0. The molecular formula is C22H30F2. The molecule has 132 valence electrons. The average Bonchev–Trinajstić information content (AvgIpc) is 2.62. The third-order valence-corrected chi connectivity index (χ3v) is 6.48. The van der Waals surface area contributed by atoms with E-state index in [9.17, 15) is 8.78 Å². The highest BCUT2D eigenvalue weighted by Gasteiger charge is 2.31. The standard InChI is InChI=1S/C22H30F2/c1-2-16-3-7-18(8-4-16)20-11-13-21(14-12-20)19-9-5-17(6-10-19)15-22(23)24/h3-4,7-8,15,17,19-21H,2,5-6,9-14H2,1H3/t17-,19-,20-,21-. The summed E-state index contributed by atoms with van der Waals surface area (Å²) in [6.07, 6.45) is 10.3. The SMILES string of the molecule is CCc1ccc([C@H]2CC[C@H]([C@H]3CC[C@H](C=C(F)F)CC3)CC2)cc1. The second-order valence-electron chi connectivity index (χ2n) is 7.84. The first-order chi connectivity index (χ1) is 11.7. The summed E-state index contributed by atoms with van der Waals surface area (Å²) >= 11 is 0. The van der Waals surface area contributed by atoms with Gasteiger partial charge in [-0.05, 0) is 98.7 Å². The van der Waals surface area contributed by atoms with Crippen molar-refractivity contribution in [1.29, 1.82) is 0 Å². The predicted molar refractivity (Wildman–Crippen MR) is 96.3 cm³/mol. The zero-order valence-electron chi connectivity index (χ0n) is 14.8. The normalized spacial score (nSPS) is 30.8. The highest BCUT2D eigenvalue weighted by Crippen LogP contribution is 2.44. The van der Waals surface area contributed by atoms with Gasteiger partial charge in [-0.2, -0.15) is 8.78 Å². The Hall–Kier alpha value is -1.18. The van der Waals surface area contributed by atoms with Crippen molar-refractivity contribution in [2.24, 2.45) is 17.8 Å². The summed E-state index contributed by atoms with van der Waals surface area (Å²) in [4.78, 5) is 0. The van der Waals surface area contributed by atoms with Crippen molar-refractivity contribution >= 4 is 0 Å². The van der Waals surface area contributed by atoms with E-state index in [2.05, 4.69) is 31.2 Å². The Labute approximate surface area is 145 Å². The van der Waals surface area contributed by atoms with Crippen molar-refractivity contribution in [3.05, 3.63) is 47.5 Å². The molecule has 0 aromatic heterocycles. The molecule has 0 radical (unpaired) electrons. The molecule has 0 aliphatic heterocycles. The Morgan fingerprint density at radius 1 is 0.875 bits per heavy atom. The molecule has 2 fully saturated rings. The van der Waals surface area contributed by atoms with Gasteiger partial charge in [0.1, 0.15) is 0 Å². The predicted octanol–water partition coefficient (Wildman–Crippen LogP) is 7.11. The van der Waals surface area contributed by atoms with Gasteiger partial charge in [0.2, 0.25) is 0 Å². The zero-order chi connectivity index (χ0) is 16.9. The van der Waals surface area contributed by atoms with Crippen LogP contribution in [0, 0.1) is 17.8 Å². The van der Waals surface area contributed by atoms with E-state index in [4.69, 9.17) is 0 Å². The van der Waals surface area contributed by atoms with Gasteiger partial charge in [-0.25, -0.2) is 0 Å². The van der Waals surface area contributed by atoms with Crippen LogP contribution in [0.15, 0.2) is 36.4 Å². The number of hydrogen-bond donors (Lipinski definition) is 0. The van der Waals surface area contributed by atoms with Crippen molar-refractivity contribution < 1.29 is 8.78 Å². The Balaban J connectivity index is 1.48. The molecule has 2 aliphatic rings. The molecule has 0 bridgehead atoms. The Kier molecular flexibility index (Phi) is 6.08. The third-order valence-electron chi connectivity index (χ3n) is 6.48. The van der Waals surface area contributed by atoms with E-state index in [-0.39, 0.29) is 5.92 Å².